The van der Waals surface area contributed by atoms with Gasteiger partial charge in [0.05, 0.1) is 4.90 Å². The molecule has 6 heteroatoms. The van der Waals surface area contributed by atoms with Gasteiger partial charge in [0, 0.05) is 26.7 Å². The lowest BCUT2D eigenvalue weighted by molar-refractivity contribution is -0.116. The molecule has 0 radical (unpaired) electrons. The summed E-state index contributed by atoms with van der Waals surface area (Å²) in [4.78, 5) is 12.3. The Morgan fingerprint density at radius 2 is 1.64 bits per heavy atom. The second kappa shape index (κ2) is 8.71. The largest absolute Gasteiger partial charge is 0.348 e. The normalized spacial score (nSPS) is 12.5. The van der Waals surface area contributed by atoms with Gasteiger partial charge in [-0.1, -0.05) is 63.2 Å². The number of amides is 1. The topological polar surface area (TPSA) is 66.5 Å². The van der Waals surface area contributed by atoms with E-state index in [0.29, 0.717) is 5.56 Å². The smallest absolute Gasteiger partial charge is 0.244 e. The molecule has 0 unspecified atom stereocenters. The van der Waals surface area contributed by atoms with E-state index in [2.05, 4.69) is 38.2 Å². The van der Waals surface area contributed by atoms with Crippen molar-refractivity contribution in [1.82, 2.24) is 9.62 Å². The maximum atomic E-state index is 12.4. The highest BCUT2D eigenvalue weighted by molar-refractivity contribution is 7.89. The Morgan fingerprint density at radius 3 is 2.21 bits per heavy atom. The molecule has 1 amide bonds. The van der Waals surface area contributed by atoms with Gasteiger partial charge in [-0.25, -0.2) is 12.7 Å². The minimum absolute atomic E-state index is 0.0832. The molecular weight excluding hydrogens is 372 g/mol. The van der Waals surface area contributed by atoms with Crippen LogP contribution in [0.25, 0.3) is 6.08 Å². The first-order valence-corrected chi connectivity index (χ1v) is 10.5. The van der Waals surface area contributed by atoms with Crippen LogP contribution in [0.2, 0.25) is 0 Å². The van der Waals surface area contributed by atoms with Gasteiger partial charge in [0.15, 0.2) is 0 Å². The van der Waals surface area contributed by atoms with Crippen molar-refractivity contribution in [2.45, 2.75) is 37.6 Å². The maximum Gasteiger partial charge on any atom is 0.244 e. The predicted octanol–water partition coefficient (Wildman–Crippen LogP) is 3.56. The van der Waals surface area contributed by atoms with Crippen molar-refractivity contribution < 1.29 is 13.2 Å². The van der Waals surface area contributed by atoms with Gasteiger partial charge in [-0.05, 0) is 34.2 Å². The minimum atomic E-state index is -3.56. The molecule has 2 rings (SSSR count). The van der Waals surface area contributed by atoms with Crippen LogP contribution in [0.3, 0.4) is 0 Å². The Hall–Kier alpha value is -2.44. The van der Waals surface area contributed by atoms with E-state index in [-0.39, 0.29) is 22.8 Å². The first-order valence-electron chi connectivity index (χ1n) is 9.09. The van der Waals surface area contributed by atoms with Crippen LogP contribution in [-0.2, 0) is 26.8 Å². The zero-order valence-corrected chi connectivity index (χ0v) is 17.9. The molecule has 1 N–H and O–H groups in total. The van der Waals surface area contributed by atoms with Crippen molar-refractivity contribution in [3.8, 4) is 0 Å². The molecule has 0 heterocycles. The standard InChI is InChI=1S/C22H28N2O3S/c1-22(2,3)19-13-10-17(11-14-19)12-15-21(25)23-16-18-8-6-7-9-20(18)28(26,27)24(4)5/h6-15H,16H2,1-5H3,(H,23,25)/b15-12+. The van der Waals surface area contributed by atoms with E-state index in [1.807, 2.05) is 12.1 Å². The molecule has 0 bridgehead atoms. The molecule has 2 aromatic rings. The maximum absolute atomic E-state index is 12.4. The van der Waals surface area contributed by atoms with Gasteiger partial charge < -0.3 is 5.32 Å². The summed E-state index contributed by atoms with van der Waals surface area (Å²) >= 11 is 0. The number of carbonyl (C=O) groups is 1. The van der Waals surface area contributed by atoms with Crippen LogP contribution >= 0.6 is 0 Å². The molecule has 0 aromatic heterocycles. The lowest BCUT2D eigenvalue weighted by atomic mass is 9.87. The molecule has 0 fully saturated rings. The molecule has 0 aliphatic rings. The second-order valence-electron chi connectivity index (χ2n) is 7.82. The van der Waals surface area contributed by atoms with Crippen LogP contribution in [0.4, 0.5) is 0 Å². The number of hydrogen-bond acceptors (Lipinski definition) is 3. The summed E-state index contributed by atoms with van der Waals surface area (Å²) < 4.78 is 26.0. The number of nitrogens with one attached hydrogen (secondary N) is 1. The average Bonchev–Trinajstić information content (AvgIpc) is 2.64. The van der Waals surface area contributed by atoms with Gasteiger partial charge >= 0.3 is 0 Å². The molecule has 2 aromatic carbocycles. The van der Waals surface area contributed by atoms with Crippen molar-refractivity contribution in [2.24, 2.45) is 0 Å². The van der Waals surface area contributed by atoms with Crippen molar-refractivity contribution in [3.05, 3.63) is 71.3 Å². The van der Waals surface area contributed by atoms with Crippen molar-refractivity contribution in [2.75, 3.05) is 14.1 Å². The first kappa shape index (κ1) is 21.9. The Balaban J connectivity index is 2.05. The summed E-state index contributed by atoms with van der Waals surface area (Å²) in [5.41, 5.74) is 2.79. The fourth-order valence-corrected chi connectivity index (χ4v) is 3.72. The number of rotatable bonds is 6. The predicted molar refractivity (Wildman–Crippen MR) is 113 cm³/mol. The highest BCUT2D eigenvalue weighted by Crippen LogP contribution is 2.22. The molecule has 150 valence electrons. The van der Waals surface area contributed by atoms with Gasteiger partial charge in [0.25, 0.3) is 0 Å². The van der Waals surface area contributed by atoms with E-state index in [4.69, 9.17) is 0 Å². The summed E-state index contributed by atoms with van der Waals surface area (Å²) in [5.74, 6) is -0.281. The van der Waals surface area contributed by atoms with Crippen molar-refractivity contribution in [3.63, 3.8) is 0 Å². The van der Waals surface area contributed by atoms with Crippen LogP contribution in [0, 0.1) is 0 Å². The quantitative estimate of drug-likeness (QED) is 0.754. The van der Waals surface area contributed by atoms with Crippen LogP contribution in [0.5, 0.6) is 0 Å². The van der Waals surface area contributed by atoms with Crippen LogP contribution in [0.1, 0.15) is 37.5 Å². The molecule has 0 saturated carbocycles. The zero-order chi connectivity index (χ0) is 20.9. The van der Waals surface area contributed by atoms with E-state index >= 15 is 0 Å². The monoisotopic (exact) mass is 400 g/mol. The number of carbonyl (C=O) groups excluding carboxylic acids is 1. The van der Waals surface area contributed by atoms with Crippen molar-refractivity contribution in [1.29, 1.82) is 0 Å². The third-order valence-electron chi connectivity index (χ3n) is 4.39. The van der Waals surface area contributed by atoms with Crippen LogP contribution in [-0.4, -0.2) is 32.7 Å². The third kappa shape index (κ3) is 5.53. The average molecular weight is 401 g/mol. The van der Waals surface area contributed by atoms with E-state index in [0.717, 1.165) is 9.87 Å². The second-order valence-corrected chi connectivity index (χ2v) is 9.94. The van der Waals surface area contributed by atoms with Gasteiger partial charge in [-0.15, -0.1) is 0 Å². The third-order valence-corrected chi connectivity index (χ3v) is 6.30. The highest BCUT2D eigenvalue weighted by Gasteiger charge is 2.20. The van der Waals surface area contributed by atoms with E-state index in [1.165, 1.54) is 25.7 Å². The zero-order valence-electron chi connectivity index (χ0n) is 17.1. The molecular formula is C22H28N2O3S. The van der Waals surface area contributed by atoms with E-state index < -0.39 is 10.0 Å². The first-order chi connectivity index (χ1) is 13.0. The lowest BCUT2D eigenvalue weighted by Gasteiger charge is -2.18. The van der Waals surface area contributed by atoms with E-state index in [1.54, 1.807) is 30.3 Å². The van der Waals surface area contributed by atoms with Crippen LogP contribution in [0.15, 0.2) is 59.5 Å². The van der Waals surface area contributed by atoms with Gasteiger partial charge in [0.1, 0.15) is 0 Å². The molecule has 28 heavy (non-hydrogen) atoms. The molecule has 0 aliphatic carbocycles. The summed E-state index contributed by atoms with van der Waals surface area (Å²) in [6.45, 7) is 6.59. The summed E-state index contributed by atoms with van der Waals surface area (Å²) in [6.07, 6.45) is 3.19. The highest BCUT2D eigenvalue weighted by atomic mass is 32.2. The van der Waals surface area contributed by atoms with Gasteiger partial charge in [-0.3, -0.25) is 4.79 Å². The summed E-state index contributed by atoms with van der Waals surface area (Å²) in [7, 11) is -0.594. The molecule has 0 spiro atoms. The SMILES string of the molecule is CN(C)S(=O)(=O)c1ccccc1CNC(=O)/C=C/c1ccc(C(C)(C)C)cc1. The van der Waals surface area contributed by atoms with E-state index in [9.17, 15) is 13.2 Å². The minimum Gasteiger partial charge on any atom is -0.348 e. The fourth-order valence-electron chi connectivity index (χ4n) is 2.61. The fraction of sp³-hybridized carbons (Fsp3) is 0.318. The molecule has 0 aliphatic heterocycles. The van der Waals surface area contributed by atoms with Crippen molar-refractivity contribution >= 4 is 22.0 Å². The Bertz CT molecular complexity index is 954. The Labute approximate surface area is 168 Å². The lowest BCUT2D eigenvalue weighted by Crippen LogP contribution is -2.26. The molecule has 5 nitrogen and oxygen atoms in total. The molecule has 0 saturated heterocycles. The summed E-state index contributed by atoms with van der Waals surface area (Å²) in [6, 6.07) is 14.7. The van der Waals surface area contributed by atoms with Crippen LogP contribution < -0.4 is 5.32 Å². The Morgan fingerprint density at radius 1 is 1.04 bits per heavy atom. The Kier molecular flexibility index (Phi) is 6.80. The van der Waals surface area contributed by atoms with Gasteiger partial charge in [-0.2, -0.15) is 0 Å². The van der Waals surface area contributed by atoms with Gasteiger partial charge in [0.2, 0.25) is 15.9 Å². The number of sulfonamides is 1. The molecule has 0 atom stereocenters. The number of hydrogen-bond donors (Lipinski definition) is 1. The number of nitrogens with zero attached hydrogens (tertiary/aromatic N) is 1. The number of benzene rings is 2. The summed E-state index contributed by atoms with van der Waals surface area (Å²) in [5, 5.41) is 2.75.